The van der Waals surface area contributed by atoms with Crippen LogP contribution in [0.15, 0.2) is 78.9 Å². The number of amides is 1. The molecule has 0 unspecified atom stereocenters. The molecule has 2 heterocycles. The molecule has 1 aliphatic rings. The minimum Gasteiger partial charge on any atom is -0.483 e. The fourth-order valence-electron chi connectivity index (χ4n) is 4.01. The molecule has 5 rings (SSSR count). The van der Waals surface area contributed by atoms with Crippen LogP contribution in [0.2, 0.25) is 5.02 Å². The second kappa shape index (κ2) is 9.46. The first kappa shape index (κ1) is 21.2. The molecule has 166 valence electrons. The van der Waals surface area contributed by atoms with E-state index >= 15 is 0 Å². The van der Waals surface area contributed by atoms with E-state index in [2.05, 4.69) is 15.1 Å². The Morgan fingerprint density at radius 1 is 0.848 bits per heavy atom. The SMILES string of the molecule is O=C(COc1cccc2ccccc12)N1CCN(c2ccc(-c3ccc(Cl)cc3)nn2)CC1. The van der Waals surface area contributed by atoms with E-state index in [-0.39, 0.29) is 12.5 Å². The Kier molecular flexibility index (Phi) is 6.09. The van der Waals surface area contributed by atoms with Crippen molar-refractivity contribution in [3.8, 4) is 17.0 Å². The van der Waals surface area contributed by atoms with Gasteiger partial charge >= 0.3 is 0 Å². The van der Waals surface area contributed by atoms with Gasteiger partial charge in [-0.25, -0.2) is 0 Å². The summed E-state index contributed by atoms with van der Waals surface area (Å²) in [5, 5.41) is 11.6. The highest BCUT2D eigenvalue weighted by Gasteiger charge is 2.22. The highest BCUT2D eigenvalue weighted by Crippen LogP contribution is 2.25. The minimum absolute atomic E-state index is 0.00763. The molecule has 0 atom stereocenters. The number of fused-ring (bicyclic) bond motifs is 1. The van der Waals surface area contributed by atoms with Gasteiger partial charge in [0, 0.05) is 42.2 Å². The second-order valence-electron chi connectivity index (χ2n) is 7.92. The molecule has 1 fully saturated rings. The van der Waals surface area contributed by atoms with Crippen LogP contribution in [0.3, 0.4) is 0 Å². The third-order valence-corrected chi connectivity index (χ3v) is 6.10. The third kappa shape index (κ3) is 4.76. The number of piperazine rings is 1. The van der Waals surface area contributed by atoms with Crippen LogP contribution in [0, 0.1) is 0 Å². The van der Waals surface area contributed by atoms with Gasteiger partial charge in [0.25, 0.3) is 5.91 Å². The van der Waals surface area contributed by atoms with E-state index in [4.69, 9.17) is 16.3 Å². The normalized spacial score (nSPS) is 13.8. The summed E-state index contributed by atoms with van der Waals surface area (Å²) in [4.78, 5) is 16.7. The summed E-state index contributed by atoms with van der Waals surface area (Å²) in [6, 6.07) is 25.4. The number of anilines is 1. The molecule has 4 aromatic rings. The van der Waals surface area contributed by atoms with Crippen molar-refractivity contribution in [1.82, 2.24) is 15.1 Å². The van der Waals surface area contributed by atoms with E-state index in [0.717, 1.165) is 33.6 Å². The lowest BCUT2D eigenvalue weighted by molar-refractivity contribution is -0.133. The van der Waals surface area contributed by atoms with E-state index < -0.39 is 0 Å². The van der Waals surface area contributed by atoms with Gasteiger partial charge < -0.3 is 14.5 Å². The van der Waals surface area contributed by atoms with Gasteiger partial charge in [-0.1, -0.05) is 60.1 Å². The maximum Gasteiger partial charge on any atom is 0.260 e. The number of hydrogen-bond acceptors (Lipinski definition) is 5. The van der Waals surface area contributed by atoms with Crippen LogP contribution in [0.25, 0.3) is 22.0 Å². The van der Waals surface area contributed by atoms with Crippen molar-refractivity contribution in [1.29, 1.82) is 0 Å². The van der Waals surface area contributed by atoms with Crippen LogP contribution in [-0.4, -0.2) is 53.8 Å². The van der Waals surface area contributed by atoms with Crippen molar-refractivity contribution in [3.63, 3.8) is 0 Å². The van der Waals surface area contributed by atoms with Crippen LogP contribution < -0.4 is 9.64 Å². The molecule has 0 spiro atoms. The van der Waals surface area contributed by atoms with E-state index in [1.54, 1.807) is 0 Å². The highest BCUT2D eigenvalue weighted by molar-refractivity contribution is 6.30. The van der Waals surface area contributed by atoms with Crippen molar-refractivity contribution >= 4 is 34.1 Å². The fraction of sp³-hybridized carbons (Fsp3) is 0.192. The van der Waals surface area contributed by atoms with Crippen LogP contribution in [0.4, 0.5) is 5.82 Å². The lowest BCUT2D eigenvalue weighted by Gasteiger charge is -2.35. The Morgan fingerprint density at radius 3 is 2.36 bits per heavy atom. The summed E-state index contributed by atoms with van der Waals surface area (Å²) in [6.45, 7) is 2.68. The minimum atomic E-state index is -0.00763. The number of carbonyl (C=O) groups is 1. The van der Waals surface area contributed by atoms with Crippen LogP contribution in [-0.2, 0) is 4.79 Å². The van der Waals surface area contributed by atoms with Gasteiger partial charge in [0.05, 0.1) is 5.69 Å². The molecule has 7 heteroatoms. The quantitative estimate of drug-likeness (QED) is 0.434. The average molecular weight is 459 g/mol. The molecule has 1 aromatic heterocycles. The molecule has 0 N–H and O–H groups in total. The number of halogens is 1. The lowest BCUT2D eigenvalue weighted by Crippen LogP contribution is -2.50. The first-order valence-corrected chi connectivity index (χ1v) is 11.3. The van der Waals surface area contributed by atoms with Crippen molar-refractivity contribution in [2.75, 3.05) is 37.7 Å². The predicted molar refractivity (Wildman–Crippen MR) is 131 cm³/mol. The standard InChI is InChI=1S/C26H23ClN4O2/c27-21-10-8-20(9-11-21)23-12-13-25(29-28-23)30-14-16-31(17-15-30)26(32)18-33-24-7-3-5-19-4-1-2-6-22(19)24/h1-13H,14-18H2. The Labute approximate surface area is 197 Å². The van der Waals surface area contributed by atoms with Crippen LogP contribution >= 0.6 is 11.6 Å². The number of aromatic nitrogens is 2. The van der Waals surface area contributed by atoms with Gasteiger partial charge in [0.1, 0.15) is 5.75 Å². The number of hydrogen-bond donors (Lipinski definition) is 0. The Hall–Kier alpha value is -3.64. The van der Waals surface area contributed by atoms with Crippen molar-refractivity contribution in [2.45, 2.75) is 0 Å². The lowest BCUT2D eigenvalue weighted by atomic mass is 10.1. The van der Waals surface area contributed by atoms with Gasteiger partial charge in [-0.3, -0.25) is 4.79 Å². The summed E-state index contributed by atoms with van der Waals surface area (Å²) in [5.41, 5.74) is 1.77. The van der Waals surface area contributed by atoms with Crippen molar-refractivity contribution in [3.05, 3.63) is 83.9 Å². The molecule has 1 amide bonds. The molecule has 3 aromatic carbocycles. The number of ether oxygens (including phenoxy) is 1. The van der Waals surface area contributed by atoms with Crippen LogP contribution in [0.1, 0.15) is 0 Å². The van der Waals surface area contributed by atoms with Gasteiger partial charge in [-0.2, -0.15) is 0 Å². The number of rotatable bonds is 5. The molecule has 0 bridgehead atoms. The highest BCUT2D eigenvalue weighted by atomic mass is 35.5. The zero-order chi connectivity index (χ0) is 22.6. The third-order valence-electron chi connectivity index (χ3n) is 5.85. The van der Waals surface area contributed by atoms with Gasteiger partial charge in [0.15, 0.2) is 12.4 Å². The topological polar surface area (TPSA) is 58.6 Å². The summed E-state index contributed by atoms with van der Waals surface area (Å²) in [7, 11) is 0. The monoisotopic (exact) mass is 458 g/mol. The first-order chi connectivity index (χ1) is 16.2. The van der Waals surface area contributed by atoms with E-state index in [1.807, 2.05) is 83.8 Å². The second-order valence-corrected chi connectivity index (χ2v) is 8.35. The predicted octanol–water partition coefficient (Wildman–Crippen LogP) is 4.68. The van der Waals surface area contributed by atoms with Gasteiger partial charge in [0.2, 0.25) is 0 Å². The van der Waals surface area contributed by atoms with Crippen molar-refractivity contribution in [2.24, 2.45) is 0 Å². The number of carbonyl (C=O) groups excluding carboxylic acids is 1. The Morgan fingerprint density at radius 2 is 1.61 bits per heavy atom. The fourth-order valence-corrected chi connectivity index (χ4v) is 4.13. The molecule has 1 saturated heterocycles. The summed E-state index contributed by atoms with van der Waals surface area (Å²) in [6.07, 6.45) is 0. The van der Waals surface area contributed by atoms with E-state index in [1.165, 1.54) is 0 Å². The zero-order valence-electron chi connectivity index (χ0n) is 18.0. The van der Waals surface area contributed by atoms with Crippen LogP contribution in [0.5, 0.6) is 5.75 Å². The molecule has 0 aliphatic carbocycles. The van der Waals surface area contributed by atoms with Gasteiger partial charge in [-0.05, 0) is 35.7 Å². The molecule has 1 aliphatic heterocycles. The first-order valence-electron chi connectivity index (χ1n) is 10.9. The molecule has 0 radical (unpaired) electrons. The summed E-state index contributed by atoms with van der Waals surface area (Å²) < 4.78 is 5.87. The van der Waals surface area contributed by atoms with E-state index in [9.17, 15) is 4.79 Å². The molecular weight excluding hydrogens is 436 g/mol. The number of nitrogens with zero attached hydrogens (tertiary/aromatic N) is 4. The Bertz CT molecular complexity index is 1250. The maximum atomic E-state index is 12.7. The zero-order valence-corrected chi connectivity index (χ0v) is 18.8. The Balaban J connectivity index is 1.16. The maximum absolute atomic E-state index is 12.7. The molecule has 33 heavy (non-hydrogen) atoms. The van der Waals surface area contributed by atoms with E-state index in [0.29, 0.717) is 31.2 Å². The average Bonchev–Trinajstić information content (AvgIpc) is 2.88. The van der Waals surface area contributed by atoms with Gasteiger partial charge in [-0.15, -0.1) is 10.2 Å². The van der Waals surface area contributed by atoms with Crippen molar-refractivity contribution < 1.29 is 9.53 Å². The molecule has 6 nitrogen and oxygen atoms in total. The molecule has 0 saturated carbocycles. The summed E-state index contributed by atoms with van der Waals surface area (Å²) >= 11 is 5.96. The number of benzene rings is 3. The molecular formula is C26H23ClN4O2. The largest absolute Gasteiger partial charge is 0.483 e. The summed E-state index contributed by atoms with van der Waals surface area (Å²) in [5.74, 6) is 1.54. The smallest absolute Gasteiger partial charge is 0.260 e.